The van der Waals surface area contributed by atoms with Gasteiger partial charge in [0.05, 0.1) is 19.8 Å². The molecule has 0 saturated heterocycles. The summed E-state index contributed by atoms with van der Waals surface area (Å²) in [6, 6.07) is 3.28. The first-order chi connectivity index (χ1) is 13.3. The number of carbonyl (C=O) groups excluding carboxylic acids is 1. The Kier molecular flexibility index (Phi) is 4.02. The van der Waals surface area contributed by atoms with E-state index in [0.717, 1.165) is 5.70 Å². The van der Waals surface area contributed by atoms with Crippen LogP contribution in [-0.2, 0) is 4.79 Å². The van der Waals surface area contributed by atoms with Crippen LogP contribution in [0.2, 0.25) is 0 Å². The third kappa shape index (κ3) is 2.67. The summed E-state index contributed by atoms with van der Waals surface area (Å²) in [5.74, 6) is 0.259. The zero-order valence-corrected chi connectivity index (χ0v) is 16.2. The quantitative estimate of drug-likeness (QED) is 0.645. The van der Waals surface area contributed by atoms with Gasteiger partial charge in [0.25, 0.3) is 5.56 Å². The Hall–Kier alpha value is -3.16. The highest BCUT2D eigenvalue weighted by molar-refractivity contribution is 6.01. The fraction of sp³-hybridized carbons (Fsp3) is 0.400. The number of methoxy groups -OCH3 is 2. The highest BCUT2D eigenvalue weighted by Gasteiger charge is 2.42. The SMILES string of the molecule is COc1cc(C2C3=C(CC(C)(C)CC3=O)Nc3[nH][nH]c(=O)c32)cc(OC)c1O. The summed E-state index contributed by atoms with van der Waals surface area (Å²) in [7, 11) is 2.88. The van der Waals surface area contributed by atoms with E-state index in [9.17, 15) is 14.7 Å². The Bertz CT molecular complexity index is 1040. The lowest BCUT2D eigenvalue weighted by Crippen LogP contribution is -2.35. The standard InChI is InChI=1S/C20H23N3O5/c1-20(2)7-10-15(11(24)8-20)14(16-18(21-10)22-23-19(16)26)9-5-12(27-3)17(25)13(6-9)28-4/h5-6,14,25H,7-8H2,1-4H3,(H3,21,22,23,26). The number of benzene rings is 1. The first-order valence-corrected chi connectivity index (χ1v) is 9.04. The molecule has 8 heteroatoms. The van der Waals surface area contributed by atoms with Gasteiger partial charge in [-0.3, -0.25) is 19.8 Å². The normalized spacial score (nSPS) is 20.3. The number of nitrogens with one attached hydrogen (secondary N) is 3. The molecule has 1 aliphatic heterocycles. The van der Waals surface area contributed by atoms with Crippen molar-refractivity contribution in [3.63, 3.8) is 0 Å². The minimum atomic E-state index is -0.590. The summed E-state index contributed by atoms with van der Waals surface area (Å²) in [5, 5.41) is 19.0. The Balaban J connectivity index is 1.98. The Labute approximate surface area is 161 Å². The number of carbonyl (C=O) groups is 1. The molecule has 1 aromatic heterocycles. The Morgan fingerprint density at radius 2 is 1.71 bits per heavy atom. The molecule has 2 aliphatic rings. The van der Waals surface area contributed by atoms with Crippen molar-refractivity contribution in [1.29, 1.82) is 0 Å². The number of H-pyrrole nitrogens is 2. The van der Waals surface area contributed by atoms with Crippen LogP contribution in [-0.4, -0.2) is 35.3 Å². The molecule has 4 N–H and O–H groups in total. The zero-order chi connectivity index (χ0) is 20.2. The molecule has 1 unspecified atom stereocenters. The van der Waals surface area contributed by atoms with Crippen LogP contribution in [0.4, 0.5) is 5.82 Å². The van der Waals surface area contributed by atoms with Crippen LogP contribution in [0.25, 0.3) is 0 Å². The number of fused-ring (bicyclic) bond motifs is 1. The summed E-state index contributed by atoms with van der Waals surface area (Å²) in [4.78, 5) is 25.7. The van der Waals surface area contributed by atoms with Crippen LogP contribution in [0.15, 0.2) is 28.2 Å². The molecule has 0 saturated carbocycles. The third-order valence-electron chi connectivity index (χ3n) is 5.42. The van der Waals surface area contributed by atoms with Crippen LogP contribution in [0, 0.1) is 5.41 Å². The van der Waals surface area contributed by atoms with E-state index < -0.39 is 5.92 Å². The topological polar surface area (TPSA) is 116 Å². The largest absolute Gasteiger partial charge is 0.502 e. The van der Waals surface area contributed by atoms with E-state index in [1.807, 2.05) is 13.8 Å². The van der Waals surface area contributed by atoms with Crippen molar-refractivity contribution in [3.8, 4) is 17.2 Å². The molecule has 0 radical (unpaired) electrons. The molecule has 148 valence electrons. The number of rotatable bonds is 3. The summed E-state index contributed by atoms with van der Waals surface area (Å²) in [5.41, 5.74) is 1.97. The molecule has 8 nitrogen and oxygen atoms in total. The molecule has 1 aromatic carbocycles. The number of phenolic OH excluding ortho intramolecular Hbond substituents is 1. The molecular weight excluding hydrogens is 362 g/mol. The van der Waals surface area contributed by atoms with Crippen molar-refractivity contribution in [2.75, 3.05) is 19.5 Å². The van der Waals surface area contributed by atoms with Gasteiger partial charge < -0.3 is 19.9 Å². The number of hydrogen-bond donors (Lipinski definition) is 4. The third-order valence-corrected chi connectivity index (χ3v) is 5.42. The van der Waals surface area contributed by atoms with Gasteiger partial charge in [0.15, 0.2) is 17.3 Å². The van der Waals surface area contributed by atoms with Crippen LogP contribution in [0.1, 0.15) is 43.7 Å². The van der Waals surface area contributed by atoms with E-state index in [0.29, 0.717) is 35.4 Å². The number of Topliss-reactive ketones (excluding diaryl/α,β-unsaturated/α-hetero) is 1. The first-order valence-electron chi connectivity index (χ1n) is 9.04. The second kappa shape index (κ2) is 6.19. The van der Waals surface area contributed by atoms with Crippen molar-refractivity contribution in [2.24, 2.45) is 5.41 Å². The van der Waals surface area contributed by atoms with Gasteiger partial charge in [-0.2, -0.15) is 0 Å². The molecule has 2 aromatic rings. The first kappa shape index (κ1) is 18.2. The summed E-state index contributed by atoms with van der Waals surface area (Å²) < 4.78 is 10.5. The molecule has 0 bridgehead atoms. The smallest absolute Gasteiger partial charge is 0.270 e. The van der Waals surface area contributed by atoms with E-state index in [1.165, 1.54) is 14.2 Å². The summed E-state index contributed by atoms with van der Waals surface area (Å²) in [6.45, 7) is 4.10. The second-order valence-corrected chi connectivity index (χ2v) is 8.03. The fourth-order valence-electron chi connectivity index (χ4n) is 4.23. The van der Waals surface area contributed by atoms with E-state index in [1.54, 1.807) is 12.1 Å². The Morgan fingerprint density at radius 1 is 1.07 bits per heavy atom. The van der Waals surface area contributed by atoms with Crippen LogP contribution in [0.5, 0.6) is 17.2 Å². The molecule has 0 fully saturated rings. The number of anilines is 1. The zero-order valence-electron chi connectivity index (χ0n) is 16.2. The second-order valence-electron chi connectivity index (χ2n) is 8.03. The lowest BCUT2D eigenvalue weighted by molar-refractivity contribution is -0.118. The van der Waals surface area contributed by atoms with Gasteiger partial charge in [-0.15, -0.1) is 0 Å². The maximum absolute atomic E-state index is 13.1. The highest BCUT2D eigenvalue weighted by Crippen LogP contribution is 2.49. The lowest BCUT2D eigenvalue weighted by atomic mass is 9.69. The van der Waals surface area contributed by atoms with Gasteiger partial charge in [-0.25, -0.2) is 0 Å². The number of hydrogen-bond acceptors (Lipinski definition) is 6. The van der Waals surface area contributed by atoms with Crippen molar-refractivity contribution in [1.82, 2.24) is 10.2 Å². The fourth-order valence-corrected chi connectivity index (χ4v) is 4.23. The molecule has 0 amide bonds. The Morgan fingerprint density at radius 3 is 2.32 bits per heavy atom. The number of ether oxygens (including phenoxy) is 2. The summed E-state index contributed by atoms with van der Waals surface area (Å²) >= 11 is 0. The molecule has 2 heterocycles. The molecule has 1 aliphatic carbocycles. The lowest BCUT2D eigenvalue weighted by Gasteiger charge is -2.38. The number of phenols is 1. The van der Waals surface area contributed by atoms with Gasteiger partial charge in [-0.1, -0.05) is 13.8 Å². The molecular formula is C20H23N3O5. The molecule has 28 heavy (non-hydrogen) atoms. The van der Waals surface area contributed by atoms with E-state index in [4.69, 9.17) is 9.47 Å². The van der Waals surface area contributed by atoms with Gasteiger partial charge in [0.2, 0.25) is 5.75 Å². The minimum absolute atomic E-state index is 0.000934. The average molecular weight is 385 g/mol. The molecule has 4 rings (SSSR count). The van der Waals surface area contributed by atoms with Gasteiger partial charge >= 0.3 is 0 Å². The monoisotopic (exact) mass is 385 g/mol. The van der Waals surface area contributed by atoms with E-state index in [-0.39, 0.29) is 34.0 Å². The van der Waals surface area contributed by atoms with Crippen molar-refractivity contribution >= 4 is 11.6 Å². The van der Waals surface area contributed by atoms with Crippen molar-refractivity contribution < 1.29 is 19.4 Å². The molecule has 0 spiro atoms. The predicted octanol–water partition coefficient (Wildman–Crippen LogP) is 2.63. The maximum atomic E-state index is 13.1. The van der Waals surface area contributed by atoms with Gasteiger partial charge in [0.1, 0.15) is 5.82 Å². The van der Waals surface area contributed by atoms with Crippen molar-refractivity contribution in [2.45, 2.75) is 32.6 Å². The number of aromatic amines is 2. The number of aromatic nitrogens is 2. The number of ketones is 1. The summed E-state index contributed by atoms with van der Waals surface area (Å²) in [6.07, 6.45) is 1.08. The minimum Gasteiger partial charge on any atom is -0.502 e. The molecule has 1 atom stereocenters. The number of allylic oxidation sites excluding steroid dienone is 2. The highest BCUT2D eigenvalue weighted by atomic mass is 16.5. The predicted molar refractivity (Wildman–Crippen MR) is 103 cm³/mol. The van der Waals surface area contributed by atoms with Crippen LogP contribution >= 0.6 is 0 Å². The van der Waals surface area contributed by atoms with Gasteiger partial charge in [0, 0.05) is 23.6 Å². The van der Waals surface area contributed by atoms with Gasteiger partial charge in [-0.05, 0) is 29.5 Å². The van der Waals surface area contributed by atoms with E-state index >= 15 is 0 Å². The average Bonchev–Trinajstić information content (AvgIpc) is 3.00. The van der Waals surface area contributed by atoms with Crippen molar-refractivity contribution in [3.05, 3.63) is 44.9 Å². The van der Waals surface area contributed by atoms with E-state index in [2.05, 4.69) is 15.5 Å². The van der Waals surface area contributed by atoms with Crippen LogP contribution < -0.4 is 20.3 Å². The number of aromatic hydroxyl groups is 1. The van der Waals surface area contributed by atoms with Crippen LogP contribution in [0.3, 0.4) is 0 Å². The maximum Gasteiger partial charge on any atom is 0.270 e.